The van der Waals surface area contributed by atoms with Crippen LogP contribution in [-0.4, -0.2) is 27.9 Å². The summed E-state index contributed by atoms with van der Waals surface area (Å²) in [7, 11) is 0. The zero-order valence-corrected chi connectivity index (χ0v) is 17.8. The minimum Gasteiger partial charge on any atom is -0.487 e. The van der Waals surface area contributed by atoms with Gasteiger partial charge in [-0.2, -0.15) is 0 Å². The molecule has 0 radical (unpaired) electrons. The van der Waals surface area contributed by atoms with E-state index in [2.05, 4.69) is 9.55 Å². The predicted octanol–water partition coefficient (Wildman–Crippen LogP) is 4.51. The van der Waals surface area contributed by atoms with Crippen LogP contribution in [0.3, 0.4) is 0 Å². The van der Waals surface area contributed by atoms with E-state index in [0.717, 1.165) is 28.6 Å². The number of hydrogen-bond donors (Lipinski definition) is 0. The van der Waals surface area contributed by atoms with Crippen LogP contribution in [-0.2, 0) is 17.9 Å². The lowest BCUT2D eigenvalue weighted by molar-refractivity contribution is 0.0474. The summed E-state index contributed by atoms with van der Waals surface area (Å²) < 4.78 is 12.9. The minimum atomic E-state index is -0.538. The third-order valence-corrected chi connectivity index (χ3v) is 5.49. The Morgan fingerprint density at radius 2 is 1.86 bits per heavy atom. The number of hydrogen-bond acceptors (Lipinski definition) is 6. The summed E-state index contributed by atoms with van der Waals surface area (Å²) in [5, 5.41) is 2.95. The molecule has 6 nitrogen and oxygen atoms in total. The highest BCUT2D eigenvalue weighted by atomic mass is 32.1. The number of ketones is 1. The van der Waals surface area contributed by atoms with Gasteiger partial charge in [0, 0.05) is 28.9 Å². The number of thiazole rings is 1. The Morgan fingerprint density at radius 1 is 1.14 bits per heavy atom. The maximum atomic E-state index is 12.4. The van der Waals surface area contributed by atoms with Gasteiger partial charge in [0.05, 0.1) is 16.3 Å². The molecule has 0 atom stereocenters. The lowest BCUT2D eigenvalue weighted by Gasteiger charge is -2.07. The molecule has 2 heterocycles. The fourth-order valence-electron chi connectivity index (χ4n) is 3.18. The van der Waals surface area contributed by atoms with E-state index in [0.29, 0.717) is 23.5 Å². The summed E-state index contributed by atoms with van der Waals surface area (Å²) in [4.78, 5) is 29.0. The van der Waals surface area contributed by atoms with E-state index in [9.17, 15) is 9.59 Å². The van der Waals surface area contributed by atoms with Gasteiger partial charge in [0.15, 0.2) is 6.61 Å². The van der Waals surface area contributed by atoms with Crippen molar-refractivity contribution in [1.29, 1.82) is 0 Å². The topological polar surface area (TPSA) is 70.4 Å². The summed E-state index contributed by atoms with van der Waals surface area (Å²) in [5.41, 5.74) is 3.75. The molecule has 0 unspecified atom stereocenters. The molecule has 29 heavy (non-hydrogen) atoms. The predicted molar refractivity (Wildman–Crippen MR) is 112 cm³/mol. The quantitative estimate of drug-likeness (QED) is 0.402. The van der Waals surface area contributed by atoms with Gasteiger partial charge >= 0.3 is 5.97 Å². The fraction of sp³-hybridized carbons (Fsp3) is 0.318. The molecule has 2 aromatic heterocycles. The SMILES string of the molecule is CCn1c(C)cc(C(=O)COC(=O)c2ccc(OCc3csc(C)n3)cc2)c1C. The van der Waals surface area contributed by atoms with Crippen molar-refractivity contribution in [3.63, 3.8) is 0 Å². The van der Waals surface area contributed by atoms with Gasteiger partial charge in [-0.3, -0.25) is 4.79 Å². The highest BCUT2D eigenvalue weighted by Gasteiger charge is 2.17. The van der Waals surface area contributed by atoms with Crippen molar-refractivity contribution in [2.24, 2.45) is 0 Å². The first kappa shape index (κ1) is 20.8. The molecule has 0 aliphatic rings. The number of Topliss-reactive ketones (excluding diaryl/α,β-unsaturated/α-hetero) is 1. The van der Waals surface area contributed by atoms with E-state index in [4.69, 9.17) is 9.47 Å². The lowest BCUT2D eigenvalue weighted by atomic mass is 10.1. The van der Waals surface area contributed by atoms with Gasteiger partial charge in [0.2, 0.25) is 5.78 Å². The number of rotatable bonds is 8. The minimum absolute atomic E-state index is 0.204. The van der Waals surface area contributed by atoms with E-state index in [-0.39, 0.29) is 12.4 Å². The summed E-state index contributed by atoms with van der Waals surface area (Å²) in [6, 6.07) is 8.48. The average molecular weight is 413 g/mol. The molecule has 3 rings (SSSR count). The number of nitrogens with zero attached hydrogens (tertiary/aromatic N) is 2. The van der Waals surface area contributed by atoms with Gasteiger partial charge in [0.25, 0.3) is 0 Å². The van der Waals surface area contributed by atoms with Gasteiger partial charge in [-0.25, -0.2) is 9.78 Å². The van der Waals surface area contributed by atoms with Crippen LogP contribution in [0, 0.1) is 20.8 Å². The first-order chi connectivity index (χ1) is 13.9. The first-order valence-electron chi connectivity index (χ1n) is 9.40. The molecule has 0 amide bonds. The van der Waals surface area contributed by atoms with Crippen LogP contribution < -0.4 is 4.74 Å². The third-order valence-electron chi connectivity index (χ3n) is 4.67. The van der Waals surface area contributed by atoms with Crippen LogP contribution >= 0.6 is 11.3 Å². The van der Waals surface area contributed by atoms with Gasteiger partial charge in [0.1, 0.15) is 12.4 Å². The summed E-state index contributed by atoms with van der Waals surface area (Å²) in [6.07, 6.45) is 0. The Morgan fingerprint density at radius 3 is 2.45 bits per heavy atom. The maximum absolute atomic E-state index is 12.4. The molecular weight excluding hydrogens is 388 g/mol. The molecule has 152 valence electrons. The van der Waals surface area contributed by atoms with Crippen molar-refractivity contribution >= 4 is 23.1 Å². The largest absolute Gasteiger partial charge is 0.487 e. The van der Waals surface area contributed by atoms with Crippen molar-refractivity contribution in [3.05, 3.63) is 68.9 Å². The molecule has 0 saturated carbocycles. The number of esters is 1. The number of aromatic nitrogens is 2. The highest BCUT2D eigenvalue weighted by molar-refractivity contribution is 7.09. The Kier molecular flexibility index (Phi) is 6.49. The van der Waals surface area contributed by atoms with Crippen molar-refractivity contribution < 1.29 is 19.1 Å². The number of carbonyl (C=O) groups is 2. The van der Waals surface area contributed by atoms with Crippen LogP contribution in [0.2, 0.25) is 0 Å². The smallest absolute Gasteiger partial charge is 0.338 e. The number of benzene rings is 1. The van der Waals surface area contributed by atoms with Crippen LogP contribution in [0.15, 0.2) is 35.7 Å². The first-order valence-corrected chi connectivity index (χ1v) is 10.3. The van der Waals surface area contributed by atoms with Gasteiger partial charge in [-0.05, 0) is 58.0 Å². The van der Waals surface area contributed by atoms with Crippen LogP contribution in [0.5, 0.6) is 5.75 Å². The van der Waals surface area contributed by atoms with Crippen LogP contribution in [0.4, 0.5) is 0 Å². The van der Waals surface area contributed by atoms with E-state index < -0.39 is 5.97 Å². The van der Waals surface area contributed by atoms with E-state index in [1.165, 1.54) is 0 Å². The molecule has 7 heteroatoms. The summed E-state index contributed by atoms with van der Waals surface area (Å²) in [6.45, 7) is 8.71. The molecule has 1 aromatic carbocycles. The number of carbonyl (C=O) groups excluding carboxylic acids is 2. The van der Waals surface area contributed by atoms with Crippen LogP contribution in [0.1, 0.15) is 49.7 Å². The molecular formula is C22H24N2O4S. The third kappa shape index (κ3) is 4.92. The second-order valence-corrected chi connectivity index (χ2v) is 7.76. The Bertz CT molecular complexity index is 1020. The maximum Gasteiger partial charge on any atom is 0.338 e. The second kappa shape index (κ2) is 9.05. The lowest BCUT2D eigenvalue weighted by Crippen LogP contribution is -2.15. The normalized spacial score (nSPS) is 10.8. The monoisotopic (exact) mass is 412 g/mol. The zero-order valence-electron chi connectivity index (χ0n) is 17.0. The molecule has 0 N–H and O–H groups in total. The zero-order chi connectivity index (χ0) is 21.0. The van der Waals surface area contributed by atoms with Gasteiger partial charge in [-0.1, -0.05) is 0 Å². The van der Waals surface area contributed by atoms with Crippen molar-refractivity contribution in [2.75, 3.05) is 6.61 Å². The van der Waals surface area contributed by atoms with E-state index in [1.807, 2.05) is 39.1 Å². The van der Waals surface area contributed by atoms with Gasteiger partial charge < -0.3 is 14.0 Å². The van der Waals surface area contributed by atoms with E-state index in [1.54, 1.807) is 35.6 Å². The van der Waals surface area contributed by atoms with Crippen molar-refractivity contribution in [2.45, 2.75) is 40.8 Å². The number of ether oxygens (including phenoxy) is 2. The van der Waals surface area contributed by atoms with Crippen LogP contribution in [0.25, 0.3) is 0 Å². The molecule has 0 fully saturated rings. The molecule has 0 aliphatic carbocycles. The molecule has 0 saturated heterocycles. The standard InChI is InChI=1S/C22H24N2O4S/c1-5-24-14(2)10-20(15(24)3)21(25)12-28-22(26)17-6-8-19(9-7-17)27-11-18-13-29-16(4)23-18/h6-10,13H,5,11-12H2,1-4H3. The molecule has 0 bridgehead atoms. The Labute approximate surface area is 174 Å². The summed E-state index contributed by atoms with van der Waals surface area (Å²) >= 11 is 1.57. The Hall–Kier alpha value is -2.93. The molecule has 0 aliphatic heterocycles. The van der Waals surface area contributed by atoms with Crippen molar-refractivity contribution in [1.82, 2.24) is 9.55 Å². The fourth-order valence-corrected chi connectivity index (χ4v) is 3.78. The number of aryl methyl sites for hydroxylation is 2. The van der Waals surface area contributed by atoms with Gasteiger partial charge in [-0.15, -0.1) is 11.3 Å². The summed E-state index contributed by atoms with van der Waals surface area (Å²) in [5.74, 6) is -0.107. The molecule has 0 spiro atoms. The Balaban J connectivity index is 1.54. The van der Waals surface area contributed by atoms with E-state index >= 15 is 0 Å². The molecule has 3 aromatic rings. The highest BCUT2D eigenvalue weighted by Crippen LogP contribution is 2.18. The van der Waals surface area contributed by atoms with Crippen molar-refractivity contribution in [3.8, 4) is 5.75 Å². The second-order valence-electron chi connectivity index (χ2n) is 6.70. The average Bonchev–Trinajstić information content (AvgIpc) is 3.26.